The average Bonchev–Trinajstić information content (AvgIpc) is 2.28. The molecule has 17 heavy (non-hydrogen) atoms. The van der Waals surface area contributed by atoms with Crippen LogP contribution in [-0.2, 0) is 11.3 Å². The molecule has 1 N–H and O–H groups in total. The van der Waals surface area contributed by atoms with Gasteiger partial charge in [-0.15, -0.1) is 0 Å². The molecule has 2 nitrogen and oxygen atoms in total. The third-order valence-electron chi connectivity index (χ3n) is 2.50. The highest BCUT2D eigenvalue weighted by Gasteiger charge is 2.04. The van der Waals surface area contributed by atoms with E-state index in [1.54, 1.807) is 12.1 Å². The van der Waals surface area contributed by atoms with Gasteiger partial charge in [-0.05, 0) is 24.1 Å². The van der Waals surface area contributed by atoms with Gasteiger partial charge in [0, 0.05) is 23.0 Å². The molecule has 0 aromatic heterocycles. The summed E-state index contributed by atoms with van der Waals surface area (Å²) in [6, 6.07) is 5.28. The van der Waals surface area contributed by atoms with E-state index in [0.29, 0.717) is 23.0 Å². The number of amides is 1. The maximum Gasteiger partial charge on any atom is 0.220 e. The zero-order chi connectivity index (χ0) is 12.7. The molecule has 0 bridgehead atoms. The van der Waals surface area contributed by atoms with Crippen LogP contribution in [0.25, 0.3) is 0 Å². The fourth-order valence-electron chi connectivity index (χ4n) is 1.48. The highest BCUT2D eigenvalue weighted by atomic mass is 35.5. The van der Waals surface area contributed by atoms with Gasteiger partial charge in [0.15, 0.2) is 0 Å². The third kappa shape index (κ3) is 5.42. The number of benzene rings is 1. The summed E-state index contributed by atoms with van der Waals surface area (Å²) in [4.78, 5) is 11.5. The Morgan fingerprint density at radius 2 is 2.06 bits per heavy atom. The Kier molecular flexibility index (Phi) is 6.38. The van der Waals surface area contributed by atoms with Gasteiger partial charge in [-0.1, -0.05) is 49.0 Å². The van der Waals surface area contributed by atoms with E-state index in [-0.39, 0.29) is 5.91 Å². The second-order valence-corrected chi connectivity index (χ2v) is 4.81. The summed E-state index contributed by atoms with van der Waals surface area (Å²) in [6.45, 7) is 2.58. The van der Waals surface area contributed by atoms with E-state index in [2.05, 4.69) is 12.2 Å². The van der Waals surface area contributed by atoms with Gasteiger partial charge in [-0.3, -0.25) is 4.79 Å². The minimum Gasteiger partial charge on any atom is -0.352 e. The van der Waals surface area contributed by atoms with Gasteiger partial charge < -0.3 is 5.32 Å². The number of unbranched alkanes of at least 4 members (excludes halogenated alkanes) is 2. The normalized spacial score (nSPS) is 10.3. The second-order valence-electron chi connectivity index (χ2n) is 3.97. The zero-order valence-corrected chi connectivity index (χ0v) is 11.4. The number of hydrogen-bond donors (Lipinski definition) is 1. The Hall–Kier alpha value is -0.730. The van der Waals surface area contributed by atoms with Gasteiger partial charge >= 0.3 is 0 Å². The smallest absolute Gasteiger partial charge is 0.220 e. The molecule has 94 valence electrons. The molecule has 0 saturated carbocycles. The second kappa shape index (κ2) is 7.57. The molecule has 1 aromatic carbocycles. The first-order chi connectivity index (χ1) is 8.13. The minimum absolute atomic E-state index is 0.0736. The van der Waals surface area contributed by atoms with Crippen LogP contribution in [0.4, 0.5) is 0 Å². The Labute approximate surface area is 112 Å². The van der Waals surface area contributed by atoms with Crippen molar-refractivity contribution in [3.05, 3.63) is 33.8 Å². The van der Waals surface area contributed by atoms with Crippen molar-refractivity contribution in [1.29, 1.82) is 0 Å². The zero-order valence-electron chi connectivity index (χ0n) is 9.93. The standard InChI is InChI=1S/C13H17Cl2NO/c1-2-3-4-5-13(17)16-9-10-6-7-11(14)8-12(10)15/h6-8H,2-5,9H2,1H3,(H,16,17). The average molecular weight is 274 g/mol. The lowest BCUT2D eigenvalue weighted by Gasteiger charge is -2.07. The summed E-state index contributed by atoms with van der Waals surface area (Å²) in [7, 11) is 0. The van der Waals surface area contributed by atoms with Gasteiger partial charge in [-0.2, -0.15) is 0 Å². The third-order valence-corrected chi connectivity index (χ3v) is 3.09. The number of nitrogens with one attached hydrogen (secondary N) is 1. The Balaban J connectivity index is 2.37. The van der Waals surface area contributed by atoms with E-state index >= 15 is 0 Å². The lowest BCUT2D eigenvalue weighted by Crippen LogP contribution is -2.22. The van der Waals surface area contributed by atoms with Crippen LogP contribution >= 0.6 is 23.2 Å². The molecular weight excluding hydrogens is 257 g/mol. The molecule has 0 heterocycles. The lowest BCUT2D eigenvalue weighted by atomic mass is 10.2. The molecule has 1 rings (SSSR count). The molecule has 0 atom stereocenters. The van der Waals surface area contributed by atoms with Crippen LogP contribution in [0.1, 0.15) is 38.2 Å². The number of hydrogen-bond acceptors (Lipinski definition) is 1. The van der Waals surface area contributed by atoms with Gasteiger partial charge in [0.25, 0.3) is 0 Å². The monoisotopic (exact) mass is 273 g/mol. The molecule has 0 aliphatic heterocycles. The number of carbonyl (C=O) groups excluding carboxylic acids is 1. The lowest BCUT2D eigenvalue weighted by molar-refractivity contribution is -0.121. The minimum atomic E-state index is 0.0736. The Morgan fingerprint density at radius 1 is 1.29 bits per heavy atom. The van der Waals surface area contributed by atoms with Crippen molar-refractivity contribution in [3.63, 3.8) is 0 Å². The van der Waals surface area contributed by atoms with Gasteiger partial charge in [0.1, 0.15) is 0 Å². The van der Waals surface area contributed by atoms with Crippen molar-refractivity contribution in [2.75, 3.05) is 0 Å². The Morgan fingerprint density at radius 3 is 2.71 bits per heavy atom. The maximum absolute atomic E-state index is 11.5. The molecule has 1 aromatic rings. The molecule has 0 unspecified atom stereocenters. The topological polar surface area (TPSA) is 29.1 Å². The van der Waals surface area contributed by atoms with Gasteiger partial charge in [-0.25, -0.2) is 0 Å². The first-order valence-electron chi connectivity index (χ1n) is 5.84. The van der Waals surface area contributed by atoms with Crippen molar-refractivity contribution in [2.45, 2.75) is 39.2 Å². The molecule has 4 heteroatoms. The highest BCUT2D eigenvalue weighted by Crippen LogP contribution is 2.20. The van der Waals surface area contributed by atoms with E-state index in [1.165, 1.54) is 0 Å². The molecule has 1 amide bonds. The molecule has 0 fully saturated rings. The summed E-state index contributed by atoms with van der Waals surface area (Å²) in [5, 5.41) is 4.05. The van der Waals surface area contributed by atoms with E-state index in [4.69, 9.17) is 23.2 Å². The van der Waals surface area contributed by atoms with Gasteiger partial charge in [0.05, 0.1) is 0 Å². The first kappa shape index (κ1) is 14.3. The van der Waals surface area contributed by atoms with Gasteiger partial charge in [0.2, 0.25) is 5.91 Å². The predicted octanol–water partition coefficient (Wildman–Crippen LogP) is 4.19. The molecule has 0 spiro atoms. The van der Waals surface area contributed by atoms with Crippen LogP contribution in [0.5, 0.6) is 0 Å². The van der Waals surface area contributed by atoms with E-state index < -0.39 is 0 Å². The van der Waals surface area contributed by atoms with Crippen LogP contribution in [0, 0.1) is 0 Å². The largest absolute Gasteiger partial charge is 0.352 e. The van der Waals surface area contributed by atoms with E-state index in [1.807, 2.05) is 6.07 Å². The summed E-state index contributed by atoms with van der Waals surface area (Å²) >= 11 is 11.8. The first-order valence-corrected chi connectivity index (χ1v) is 6.59. The molecule has 0 aliphatic carbocycles. The molecular formula is C13H17Cl2NO. The van der Waals surface area contributed by atoms with Crippen LogP contribution in [0.3, 0.4) is 0 Å². The molecule has 0 radical (unpaired) electrons. The number of carbonyl (C=O) groups is 1. The summed E-state index contributed by atoms with van der Waals surface area (Å²) in [5.41, 5.74) is 0.889. The highest BCUT2D eigenvalue weighted by molar-refractivity contribution is 6.35. The summed E-state index contributed by atoms with van der Waals surface area (Å²) in [6.07, 6.45) is 3.74. The maximum atomic E-state index is 11.5. The van der Waals surface area contributed by atoms with E-state index in [9.17, 15) is 4.79 Å². The molecule has 0 saturated heterocycles. The fraction of sp³-hybridized carbons (Fsp3) is 0.462. The van der Waals surface area contributed by atoms with Crippen LogP contribution in [0.15, 0.2) is 18.2 Å². The summed E-state index contributed by atoms with van der Waals surface area (Å²) < 4.78 is 0. The van der Waals surface area contributed by atoms with Crippen molar-refractivity contribution in [2.24, 2.45) is 0 Å². The van der Waals surface area contributed by atoms with Crippen molar-refractivity contribution in [1.82, 2.24) is 5.32 Å². The number of halogens is 2. The van der Waals surface area contributed by atoms with Crippen molar-refractivity contribution in [3.8, 4) is 0 Å². The van der Waals surface area contributed by atoms with E-state index in [0.717, 1.165) is 24.8 Å². The van der Waals surface area contributed by atoms with Crippen LogP contribution < -0.4 is 5.32 Å². The summed E-state index contributed by atoms with van der Waals surface area (Å²) in [5.74, 6) is 0.0736. The molecule has 0 aliphatic rings. The van der Waals surface area contributed by atoms with Crippen LogP contribution in [-0.4, -0.2) is 5.91 Å². The fourth-order valence-corrected chi connectivity index (χ4v) is 1.96. The van der Waals surface area contributed by atoms with Crippen molar-refractivity contribution < 1.29 is 4.79 Å². The predicted molar refractivity (Wildman–Crippen MR) is 72.5 cm³/mol. The quantitative estimate of drug-likeness (QED) is 0.774. The number of rotatable bonds is 6. The van der Waals surface area contributed by atoms with Crippen LogP contribution in [0.2, 0.25) is 10.0 Å². The Bertz CT molecular complexity index is 380. The van der Waals surface area contributed by atoms with Crippen molar-refractivity contribution >= 4 is 29.1 Å². The SMILES string of the molecule is CCCCCC(=O)NCc1ccc(Cl)cc1Cl.